The third-order valence-corrected chi connectivity index (χ3v) is 7.18. The number of hydrogen-bond donors (Lipinski definition) is 3. The van der Waals surface area contributed by atoms with E-state index in [2.05, 4.69) is 31.8 Å². The minimum atomic E-state index is -0.982. The lowest BCUT2D eigenvalue weighted by atomic mass is 9.97. The van der Waals surface area contributed by atoms with Crippen molar-refractivity contribution in [3.8, 4) is 28.3 Å². The van der Waals surface area contributed by atoms with Gasteiger partial charge < -0.3 is 15.2 Å². The van der Waals surface area contributed by atoms with Gasteiger partial charge in [-0.05, 0) is 59.9 Å². The molecule has 1 aromatic heterocycles. The first-order valence-corrected chi connectivity index (χ1v) is 14.8. The van der Waals surface area contributed by atoms with Gasteiger partial charge in [0.1, 0.15) is 11.6 Å². The highest BCUT2D eigenvalue weighted by molar-refractivity contribution is 6.10. The van der Waals surface area contributed by atoms with E-state index in [0.717, 1.165) is 27.1 Å². The average Bonchev–Trinajstić information content (AvgIpc) is 3.54. The maximum Gasteiger partial charge on any atom is 0.515 e. The number of hydrogen-bond acceptors (Lipinski definition) is 13. The van der Waals surface area contributed by atoms with Crippen molar-refractivity contribution in [2.24, 2.45) is 10.7 Å². The van der Waals surface area contributed by atoms with Crippen LogP contribution in [-0.4, -0.2) is 58.8 Å². The summed E-state index contributed by atoms with van der Waals surface area (Å²) in [6.45, 7) is 7.36. The zero-order valence-corrected chi connectivity index (χ0v) is 26.3. The Hall–Kier alpha value is -5.74. The van der Waals surface area contributed by atoms with Gasteiger partial charge in [-0.2, -0.15) is 0 Å². The lowest BCUT2D eigenvalue weighted by Gasteiger charge is -2.31. The summed E-state index contributed by atoms with van der Waals surface area (Å²) < 4.78 is 10.3. The van der Waals surface area contributed by atoms with Gasteiger partial charge in [-0.15, -0.1) is 15.0 Å². The quantitative estimate of drug-likeness (QED) is 0.112. The Morgan fingerprint density at radius 3 is 2.35 bits per heavy atom. The molecule has 3 aromatic carbocycles. The smallest absolute Gasteiger partial charge is 0.409 e. The summed E-state index contributed by atoms with van der Waals surface area (Å²) in [4.78, 5) is 37.0. The van der Waals surface area contributed by atoms with E-state index in [9.17, 15) is 9.59 Å². The van der Waals surface area contributed by atoms with Crippen molar-refractivity contribution in [1.29, 1.82) is 0 Å². The number of amidine groups is 1. The summed E-state index contributed by atoms with van der Waals surface area (Å²) in [5, 5.41) is 29.4. The number of ether oxygens (including phenoxy) is 2. The van der Waals surface area contributed by atoms with Gasteiger partial charge >= 0.3 is 6.16 Å². The molecule has 0 saturated carbocycles. The van der Waals surface area contributed by atoms with E-state index in [1.807, 2.05) is 55.5 Å². The van der Waals surface area contributed by atoms with E-state index in [-0.39, 0.29) is 25.0 Å². The molecule has 5 rings (SSSR count). The van der Waals surface area contributed by atoms with Gasteiger partial charge in [-0.1, -0.05) is 67.2 Å². The van der Waals surface area contributed by atoms with Crippen molar-refractivity contribution in [3.05, 3.63) is 107 Å². The van der Waals surface area contributed by atoms with Gasteiger partial charge in [0.2, 0.25) is 18.5 Å². The number of carbonyl (C=O) groups is 2. The van der Waals surface area contributed by atoms with Crippen LogP contribution in [0.15, 0.2) is 101 Å². The monoisotopic (exact) mass is 654 g/mol. The normalized spacial score (nSPS) is 15.1. The van der Waals surface area contributed by atoms with Gasteiger partial charge in [0.05, 0.1) is 18.5 Å². The van der Waals surface area contributed by atoms with Crippen LogP contribution in [0.1, 0.15) is 37.8 Å². The van der Waals surface area contributed by atoms with E-state index >= 15 is 0 Å². The van der Waals surface area contributed by atoms with Gasteiger partial charge in [0, 0.05) is 29.0 Å². The molecule has 15 nitrogen and oxygen atoms in total. The number of amides is 1. The minimum absolute atomic E-state index is 0.0267. The zero-order valence-electron chi connectivity index (χ0n) is 26.3. The molecule has 48 heavy (non-hydrogen) atoms. The molecule has 4 N–H and O–H groups in total. The van der Waals surface area contributed by atoms with Crippen molar-refractivity contribution in [2.45, 2.75) is 46.6 Å². The molecule has 0 aliphatic carbocycles. The summed E-state index contributed by atoms with van der Waals surface area (Å²) in [6, 6.07) is 21.5. The summed E-state index contributed by atoms with van der Waals surface area (Å²) in [5.41, 5.74) is 12.2. The molecule has 15 heteroatoms. The predicted octanol–water partition coefficient (Wildman–Crippen LogP) is 4.98. The third-order valence-electron chi connectivity index (χ3n) is 7.18. The summed E-state index contributed by atoms with van der Waals surface area (Å²) >= 11 is 0. The van der Waals surface area contributed by atoms with Gasteiger partial charge in [0.15, 0.2) is 0 Å². The Labute approximate surface area is 275 Å². The Balaban J connectivity index is 1.24. The van der Waals surface area contributed by atoms with Crippen LogP contribution in [-0.2, 0) is 34.3 Å². The molecule has 248 valence electrons. The van der Waals surface area contributed by atoms with Crippen LogP contribution in [0.4, 0.5) is 4.79 Å². The number of tetrazole rings is 1. The van der Waals surface area contributed by atoms with Crippen LogP contribution >= 0.6 is 0 Å². The molecule has 0 spiro atoms. The summed E-state index contributed by atoms with van der Waals surface area (Å²) in [6.07, 6.45) is -0.0867. The van der Waals surface area contributed by atoms with Crippen molar-refractivity contribution >= 4 is 17.9 Å². The van der Waals surface area contributed by atoms with Crippen molar-refractivity contribution in [2.75, 3.05) is 0 Å². The molecule has 0 bridgehead atoms. The predicted molar refractivity (Wildman–Crippen MR) is 171 cm³/mol. The molecule has 0 unspecified atom stereocenters. The number of nitrogens with zero attached hydrogens (tertiary/aromatic N) is 7. The van der Waals surface area contributed by atoms with E-state index in [1.165, 1.54) is 12.1 Å². The number of likely N-dealkylation sites (tertiary alicyclic amines) is 1. The Kier molecular flexibility index (Phi) is 10.7. The molecular weight excluding hydrogens is 620 g/mol. The van der Waals surface area contributed by atoms with E-state index in [4.69, 9.17) is 25.6 Å². The first-order valence-electron chi connectivity index (χ1n) is 14.8. The molecule has 0 atom stereocenters. The van der Waals surface area contributed by atoms with Crippen LogP contribution in [0, 0.1) is 0 Å². The van der Waals surface area contributed by atoms with Crippen LogP contribution in [0.25, 0.3) is 22.5 Å². The first-order chi connectivity index (χ1) is 23.1. The summed E-state index contributed by atoms with van der Waals surface area (Å²) in [7, 11) is 0. The highest BCUT2D eigenvalue weighted by atomic mass is 17.1. The number of allylic oxidation sites excluding steroid dienone is 2. The average molecular weight is 655 g/mol. The molecule has 2 heterocycles. The van der Waals surface area contributed by atoms with Crippen LogP contribution in [0.3, 0.4) is 0 Å². The van der Waals surface area contributed by atoms with Crippen LogP contribution in [0.2, 0.25) is 0 Å². The topological polar surface area (TPSA) is 191 Å². The standard InChI is InChI=1S/C33H34N8O7/c1-21(2)35-32-27(22(3)34)16-17-30(42)39(32)18-23-8-12-25(13-9-23)28-6-4-5-7-29(28)31-36-38-40(37-31)20-46-33(43)48-26-14-10-24(11-15-26)19-47-41(44)45/h4-15,44-45H,1,16-20,34H2,2-3H3/b27-22-,35-32?. The molecule has 4 aromatic rings. The molecule has 0 radical (unpaired) electrons. The van der Waals surface area contributed by atoms with Gasteiger partial charge in [0.25, 0.3) is 0 Å². The van der Waals surface area contributed by atoms with E-state index in [1.54, 1.807) is 24.0 Å². The molecule has 1 aliphatic rings. The van der Waals surface area contributed by atoms with Gasteiger partial charge in [-0.25, -0.2) is 14.6 Å². The molecular formula is C33H34N8O7. The maximum absolute atomic E-state index is 12.9. The number of piperidine rings is 1. The number of aromatic nitrogens is 4. The fourth-order valence-electron chi connectivity index (χ4n) is 4.93. The fourth-order valence-corrected chi connectivity index (χ4v) is 4.93. The maximum atomic E-state index is 12.9. The highest BCUT2D eigenvalue weighted by Crippen LogP contribution is 2.31. The summed E-state index contributed by atoms with van der Waals surface area (Å²) in [5.74, 6) is 1.04. The van der Waals surface area contributed by atoms with Crippen molar-refractivity contribution in [1.82, 2.24) is 30.5 Å². The Morgan fingerprint density at radius 2 is 1.69 bits per heavy atom. The number of carbonyl (C=O) groups excluding carboxylic acids is 2. The van der Waals surface area contributed by atoms with E-state index in [0.29, 0.717) is 53.6 Å². The molecule has 1 aliphatic heterocycles. The Bertz CT molecular complexity index is 1850. The third kappa shape index (κ3) is 8.54. The van der Waals surface area contributed by atoms with Crippen LogP contribution in [0.5, 0.6) is 5.75 Å². The first kappa shape index (κ1) is 33.6. The van der Waals surface area contributed by atoms with Crippen molar-refractivity contribution in [3.63, 3.8) is 0 Å². The fraction of sp³-hybridized carbons (Fsp3) is 0.212. The molecule has 1 fully saturated rings. The lowest BCUT2D eigenvalue weighted by Crippen LogP contribution is -2.42. The van der Waals surface area contributed by atoms with Crippen LogP contribution < -0.4 is 10.5 Å². The van der Waals surface area contributed by atoms with Gasteiger partial charge in [-0.3, -0.25) is 20.1 Å². The zero-order chi connectivity index (χ0) is 34.2. The second-order valence-corrected chi connectivity index (χ2v) is 10.8. The second kappa shape index (κ2) is 15.2. The van der Waals surface area contributed by atoms with Crippen molar-refractivity contribution < 1.29 is 34.3 Å². The molecule has 1 amide bonds. The largest absolute Gasteiger partial charge is 0.515 e. The molecule has 1 saturated heterocycles. The number of aliphatic imine (C=N–C) groups is 1. The Morgan fingerprint density at radius 1 is 1.00 bits per heavy atom. The SMILES string of the molecule is C=C(C)N=C1/C(=C(/C)N)CCC(=O)N1Cc1ccc(-c2ccccc2-c2nnn(COC(=O)Oc3ccc(CON(O)O)cc3)n2)cc1. The number of nitrogens with two attached hydrogens (primary N) is 1. The lowest BCUT2D eigenvalue weighted by molar-refractivity contribution is -0.497. The highest BCUT2D eigenvalue weighted by Gasteiger charge is 2.29. The second-order valence-electron chi connectivity index (χ2n) is 10.8. The minimum Gasteiger partial charge on any atom is -0.409 e. The van der Waals surface area contributed by atoms with E-state index < -0.39 is 11.5 Å². The number of benzene rings is 3. The number of rotatable bonds is 11.